The first-order valence-electron chi connectivity index (χ1n) is 8.03. The van der Waals surface area contributed by atoms with Crippen molar-refractivity contribution in [3.05, 3.63) is 53.7 Å². The number of nitrogens with zero attached hydrogens (tertiary/aromatic N) is 2. The monoisotopic (exact) mass is 308 g/mol. The van der Waals surface area contributed by atoms with Gasteiger partial charge < -0.3 is 14.9 Å². The molecule has 1 aliphatic rings. The van der Waals surface area contributed by atoms with E-state index in [2.05, 4.69) is 27.1 Å². The number of aromatic nitrogens is 3. The SMILES string of the molecule is CN(Cc1cccc2[nH]ccc12)C(=O)Cc1cnc(C2CC2)[nH]1. The Morgan fingerprint density at radius 2 is 2.22 bits per heavy atom. The first kappa shape index (κ1) is 14.1. The van der Waals surface area contributed by atoms with Crippen LogP contribution < -0.4 is 0 Å². The second-order valence-corrected chi connectivity index (χ2v) is 6.35. The van der Waals surface area contributed by atoms with Crippen molar-refractivity contribution < 1.29 is 4.79 Å². The highest BCUT2D eigenvalue weighted by atomic mass is 16.2. The van der Waals surface area contributed by atoms with E-state index in [0.717, 1.165) is 22.6 Å². The molecule has 1 saturated carbocycles. The molecule has 5 nitrogen and oxygen atoms in total. The molecular formula is C18H20N4O. The third-order valence-electron chi connectivity index (χ3n) is 4.47. The molecule has 1 aliphatic carbocycles. The van der Waals surface area contributed by atoms with E-state index in [-0.39, 0.29) is 5.91 Å². The van der Waals surface area contributed by atoms with Gasteiger partial charge >= 0.3 is 0 Å². The number of benzene rings is 1. The Balaban J connectivity index is 1.44. The Hall–Kier alpha value is -2.56. The van der Waals surface area contributed by atoms with Crippen LogP contribution in [0.3, 0.4) is 0 Å². The normalized spacial score (nSPS) is 14.3. The quantitative estimate of drug-likeness (QED) is 0.761. The lowest BCUT2D eigenvalue weighted by molar-refractivity contribution is -0.129. The zero-order valence-electron chi connectivity index (χ0n) is 13.2. The minimum Gasteiger partial charge on any atom is -0.361 e. The number of hydrogen-bond acceptors (Lipinski definition) is 2. The van der Waals surface area contributed by atoms with Gasteiger partial charge in [0.05, 0.1) is 6.42 Å². The van der Waals surface area contributed by atoms with Crippen LogP contribution in [0.2, 0.25) is 0 Å². The zero-order chi connectivity index (χ0) is 15.8. The molecule has 1 amide bonds. The molecule has 0 bridgehead atoms. The summed E-state index contributed by atoms with van der Waals surface area (Å²) in [6, 6.07) is 8.19. The number of hydrogen-bond donors (Lipinski definition) is 2. The number of aromatic amines is 2. The number of fused-ring (bicyclic) bond motifs is 1. The number of nitrogens with one attached hydrogen (secondary N) is 2. The fourth-order valence-corrected chi connectivity index (χ4v) is 2.96. The topological polar surface area (TPSA) is 64.8 Å². The van der Waals surface area contributed by atoms with E-state index in [4.69, 9.17) is 0 Å². The summed E-state index contributed by atoms with van der Waals surface area (Å²) in [6.45, 7) is 0.609. The minimum atomic E-state index is 0.100. The number of carbonyl (C=O) groups is 1. The van der Waals surface area contributed by atoms with Crippen molar-refractivity contribution in [2.24, 2.45) is 0 Å². The highest BCUT2D eigenvalue weighted by Crippen LogP contribution is 2.38. The van der Waals surface area contributed by atoms with E-state index in [0.29, 0.717) is 18.9 Å². The lowest BCUT2D eigenvalue weighted by Crippen LogP contribution is -2.27. The zero-order valence-corrected chi connectivity index (χ0v) is 13.2. The summed E-state index contributed by atoms with van der Waals surface area (Å²) >= 11 is 0. The van der Waals surface area contributed by atoms with E-state index in [1.165, 1.54) is 18.2 Å². The molecule has 2 heterocycles. The first-order valence-corrected chi connectivity index (χ1v) is 8.03. The van der Waals surface area contributed by atoms with Gasteiger partial charge in [-0.05, 0) is 30.5 Å². The van der Waals surface area contributed by atoms with Crippen molar-refractivity contribution in [3.8, 4) is 0 Å². The van der Waals surface area contributed by atoms with Crippen LogP contribution in [0, 0.1) is 0 Å². The van der Waals surface area contributed by atoms with E-state index in [1.807, 2.05) is 25.4 Å². The van der Waals surface area contributed by atoms with Crippen LogP contribution in [-0.2, 0) is 17.8 Å². The van der Waals surface area contributed by atoms with Crippen LogP contribution in [0.5, 0.6) is 0 Å². The van der Waals surface area contributed by atoms with Crippen molar-refractivity contribution in [2.45, 2.75) is 31.7 Å². The number of rotatable bonds is 5. The Morgan fingerprint density at radius 3 is 3.04 bits per heavy atom. The van der Waals surface area contributed by atoms with Gasteiger partial charge in [0.25, 0.3) is 0 Å². The molecular weight excluding hydrogens is 288 g/mol. The van der Waals surface area contributed by atoms with E-state index in [9.17, 15) is 4.79 Å². The number of carbonyl (C=O) groups excluding carboxylic acids is 1. The van der Waals surface area contributed by atoms with Gasteiger partial charge in [0.15, 0.2) is 0 Å². The summed E-state index contributed by atoms with van der Waals surface area (Å²) < 4.78 is 0. The van der Waals surface area contributed by atoms with Gasteiger partial charge in [-0.15, -0.1) is 0 Å². The van der Waals surface area contributed by atoms with Gasteiger partial charge in [0.1, 0.15) is 5.82 Å². The van der Waals surface area contributed by atoms with E-state index < -0.39 is 0 Å². The molecule has 4 rings (SSSR count). The third kappa shape index (κ3) is 2.86. The molecule has 0 saturated heterocycles. The second kappa shape index (κ2) is 5.57. The van der Waals surface area contributed by atoms with Gasteiger partial charge in [0, 0.05) is 48.5 Å². The van der Waals surface area contributed by atoms with Gasteiger partial charge in [-0.25, -0.2) is 4.98 Å². The number of H-pyrrole nitrogens is 2. The predicted molar refractivity (Wildman–Crippen MR) is 89.0 cm³/mol. The average molecular weight is 308 g/mol. The number of amides is 1. The molecule has 23 heavy (non-hydrogen) atoms. The van der Waals surface area contributed by atoms with Gasteiger partial charge in [-0.2, -0.15) is 0 Å². The summed E-state index contributed by atoms with van der Waals surface area (Å²) in [7, 11) is 1.85. The standard InChI is InChI=1S/C18H20N4O/c1-22(11-13-3-2-4-16-15(13)7-8-19-16)17(23)9-14-10-20-18(21-14)12-5-6-12/h2-4,7-8,10,12,19H,5-6,9,11H2,1H3,(H,20,21). The largest absolute Gasteiger partial charge is 0.361 e. The maximum absolute atomic E-state index is 12.5. The molecule has 0 aliphatic heterocycles. The Bertz CT molecular complexity index is 843. The van der Waals surface area contributed by atoms with Crippen LogP contribution in [0.4, 0.5) is 0 Å². The van der Waals surface area contributed by atoms with Crippen molar-refractivity contribution in [1.82, 2.24) is 19.9 Å². The van der Waals surface area contributed by atoms with E-state index >= 15 is 0 Å². The second-order valence-electron chi connectivity index (χ2n) is 6.35. The van der Waals surface area contributed by atoms with Gasteiger partial charge in [0.2, 0.25) is 5.91 Å². The maximum Gasteiger partial charge on any atom is 0.228 e. The highest BCUT2D eigenvalue weighted by molar-refractivity contribution is 5.84. The third-order valence-corrected chi connectivity index (χ3v) is 4.47. The lowest BCUT2D eigenvalue weighted by Gasteiger charge is -2.17. The molecule has 2 aromatic heterocycles. The van der Waals surface area contributed by atoms with Crippen molar-refractivity contribution in [1.29, 1.82) is 0 Å². The summed E-state index contributed by atoms with van der Waals surface area (Å²) in [4.78, 5) is 25.1. The van der Waals surface area contributed by atoms with Crippen LogP contribution in [0.25, 0.3) is 10.9 Å². The molecule has 3 aromatic rings. The molecule has 118 valence electrons. The van der Waals surface area contributed by atoms with Crippen LogP contribution in [0.15, 0.2) is 36.7 Å². The predicted octanol–water partition coefficient (Wildman–Crippen LogP) is 2.97. The van der Waals surface area contributed by atoms with Crippen LogP contribution >= 0.6 is 0 Å². The molecule has 0 atom stereocenters. The molecule has 0 unspecified atom stereocenters. The van der Waals surface area contributed by atoms with Crippen molar-refractivity contribution in [2.75, 3.05) is 7.05 Å². The Labute approximate surface area is 134 Å². The van der Waals surface area contributed by atoms with Crippen molar-refractivity contribution >= 4 is 16.8 Å². The van der Waals surface area contributed by atoms with Crippen LogP contribution in [-0.4, -0.2) is 32.8 Å². The first-order chi connectivity index (χ1) is 11.2. The Kier molecular flexibility index (Phi) is 3.41. The summed E-state index contributed by atoms with van der Waals surface area (Å²) in [5, 5.41) is 1.17. The smallest absolute Gasteiger partial charge is 0.228 e. The molecule has 5 heteroatoms. The minimum absolute atomic E-state index is 0.100. The molecule has 1 aromatic carbocycles. The summed E-state index contributed by atoms with van der Waals surface area (Å²) in [5.41, 5.74) is 3.16. The van der Waals surface area contributed by atoms with Crippen LogP contribution in [0.1, 0.15) is 35.8 Å². The fraction of sp³-hybridized carbons (Fsp3) is 0.333. The lowest BCUT2D eigenvalue weighted by atomic mass is 10.1. The molecule has 1 fully saturated rings. The van der Waals surface area contributed by atoms with Gasteiger partial charge in [-0.1, -0.05) is 12.1 Å². The molecule has 2 N–H and O–H groups in total. The fourth-order valence-electron chi connectivity index (χ4n) is 2.96. The highest BCUT2D eigenvalue weighted by Gasteiger charge is 2.26. The molecule has 0 radical (unpaired) electrons. The number of imidazole rings is 1. The average Bonchev–Trinajstić information content (AvgIpc) is 3.09. The molecule has 0 spiro atoms. The summed E-state index contributed by atoms with van der Waals surface area (Å²) in [6.07, 6.45) is 6.52. The maximum atomic E-state index is 12.5. The summed E-state index contributed by atoms with van der Waals surface area (Å²) in [5.74, 6) is 1.72. The number of likely N-dealkylation sites (N-methyl/N-ethyl adjacent to an activating group) is 1. The Morgan fingerprint density at radius 1 is 1.35 bits per heavy atom. The van der Waals surface area contributed by atoms with E-state index in [1.54, 1.807) is 11.1 Å². The van der Waals surface area contributed by atoms with Crippen molar-refractivity contribution in [3.63, 3.8) is 0 Å². The van der Waals surface area contributed by atoms with Gasteiger partial charge in [-0.3, -0.25) is 4.79 Å².